The highest BCUT2D eigenvalue weighted by molar-refractivity contribution is 7.89. The number of amides is 2. The molecule has 9 heteroatoms. The first kappa shape index (κ1) is 26.5. The Hall–Kier alpha value is -2.78. The SMILES string of the molecule is CCNC(=O)C(CC)N(Cc1ccc(F)cc1)C(=O)CCCN(C)S(=O)(=O)c1ccccc1. The summed E-state index contributed by atoms with van der Waals surface area (Å²) >= 11 is 0. The van der Waals surface area contributed by atoms with Crippen LogP contribution in [0, 0.1) is 5.82 Å². The van der Waals surface area contributed by atoms with Crippen molar-refractivity contribution in [2.75, 3.05) is 20.1 Å². The molecule has 0 heterocycles. The molecule has 180 valence electrons. The number of halogens is 1. The van der Waals surface area contributed by atoms with Crippen LogP contribution in [0.2, 0.25) is 0 Å². The lowest BCUT2D eigenvalue weighted by molar-refractivity contribution is -0.141. The zero-order chi connectivity index (χ0) is 24.4. The number of rotatable bonds is 12. The minimum atomic E-state index is -3.64. The summed E-state index contributed by atoms with van der Waals surface area (Å²) < 4.78 is 39.9. The van der Waals surface area contributed by atoms with E-state index in [1.54, 1.807) is 37.3 Å². The lowest BCUT2D eigenvalue weighted by Gasteiger charge is -2.31. The number of sulfonamides is 1. The topological polar surface area (TPSA) is 86.8 Å². The van der Waals surface area contributed by atoms with Gasteiger partial charge < -0.3 is 10.2 Å². The van der Waals surface area contributed by atoms with Crippen molar-refractivity contribution in [3.05, 3.63) is 66.0 Å². The molecule has 2 aromatic carbocycles. The number of hydrogen-bond donors (Lipinski definition) is 1. The van der Waals surface area contributed by atoms with Crippen molar-refractivity contribution in [2.45, 2.75) is 50.6 Å². The average molecular weight is 478 g/mol. The molecule has 0 bridgehead atoms. The van der Waals surface area contributed by atoms with E-state index in [4.69, 9.17) is 0 Å². The van der Waals surface area contributed by atoms with Gasteiger partial charge in [0, 0.05) is 33.1 Å². The Bertz CT molecular complexity index is 1010. The molecule has 1 N–H and O–H groups in total. The van der Waals surface area contributed by atoms with Crippen molar-refractivity contribution < 1.29 is 22.4 Å². The third-order valence-corrected chi connectivity index (χ3v) is 7.19. The van der Waals surface area contributed by atoms with Crippen LogP contribution in [0.3, 0.4) is 0 Å². The first-order valence-corrected chi connectivity index (χ1v) is 12.5. The van der Waals surface area contributed by atoms with Crippen molar-refractivity contribution >= 4 is 21.8 Å². The zero-order valence-corrected chi connectivity index (χ0v) is 20.1. The lowest BCUT2D eigenvalue weighted by Crippen LogP contribution is -2.49. The fourth-order valence-electron chi connectivity index (χ4n) is 3.49. The minimum absolute atomic E-state index is 0.0751. The Balaban J connectivity index is 2.10. The standard InChI is InChI=1S/C24H32FN3O4S/c1-4-22(24(30)26-5-2)28(18-19-13-15-20(25)16-14-19)23(29)12-9-17-27(3)33(31,32)21-10-7-6-8-11-21/h6-8,10-11,13-16,22H,4-5,9,12,17-18H2,1-3H3,(H,26,30). The van der Waals surface area contributed by atoms with Gasteiger partial charge in [0.25, 0.3) is 0 Å². The number of likely N-dealkylation sites (N-methyl/N-ethyl adjacent to an activating group) is 1. The molecule has 0 radical (unpaired) electrons. The molecule has 0 spiro atoms. The summed E-state index contributed by atoms with van der Waals surface area (Å²) in [5.74, 6) is -0.891. The Morgan fingerprint density at radius 2 is 1.67 bits per heavy atom. The smallest absolute Gasteiger partial charge is 0.242 e. The molecule has 0 aromatic heterocycles. The predicted octanol–water partition coefficient (Wildman–Crippen LogP) is 3.17. The molecule has 1 unspecified atom stereocenters. The Labute approximate surface area is 195 Å². The number of carbonyl (C=O) groups excluding carboxylic acids is 2. The average Bonchev–Trinajstić information content (AvgIpc) is 2.80. The fourth-order valence-corrected chi connectivity index (χ4v) is 4.72. The second kappa shape index (κ2) is 12.5. The van der Waals surface area contributed by atoms with Crippen molar-refractivity contribution in [1.29, 1.82) is 0 Å². The predicted molar refractivity (Wildman–Crippen MR) is 125 cm³/mol. The van der Waals surface area contributed by atoms with Crippen LogP contribution < -0.4 is 5.32 Å². The second-order valence-corrected chi connectivity index (χ2v) is 9.75. The van der Waals surface area contributed by atoms with Gasteiger partial charge in [-0.05, 0) is 49.6 Å². The molecule has 2 rings (SSSR count). The molecular formula is C24H32FN3O4S. The maximum atomic E-state index is 13.3. The second-order valence-electron chi connectivity index (χ2n) is 7.71. The summed E-state index contributed by atoms with van der Waals surface area (Å²) in [6.45, 7) is 4.39. The van der Waals surface area contributed by atoms with Gasteiger partial charge in [-0.2, -0.15) is 0 Å². The van der Waals surface area contributed by atoms with E-state index in [2.05, 4.69) is 5.32 Å². The monoisotopic (exact) mass is 477 g/mol. The molecule has 0 aliphatic rings. The van der Waals surface area contributed by atoms with Crippen molar-refractivity contribution in [1.82, 2.24) is 14.5 Å². The molecular weight excluding hydrogens is 445 g/mol. The van der Waals surface area contributed by atoms with Gasteiger partial charge in [-0.25, -0.2) is 17.1 Å². The van der Waals surface area contributed by atoms with Gasteiger partial charge in [0.15, 0.2) is 0 Å². The summed E-state index contributed by atoms with van der Waals surface area (Å²) in [6.07, 6.45) is 0.792. The van der Waals surface area contributed by atoms with Gasteiger partial charge in [-0.3, -0.25) is 9.59 Å². The molecule has 0 fully saturated rings. The quantitative estimate of drug-likeness (QED) is 0.509. The number of nitrogens with zero attached hydrogens (tertiary/aromatic N) is 2. The van der Waals surface area contributed by atoms with Crippen LogP contribution in [0.1, 0.15) is 38.7 Å². The Kier molecular flexibility index (Phi) is 9.99. The van der Waals surface area contributed by atoms with Gasteiger partial charge in [-0.1, -0.05) is 37.3 Å². The summed E-state index contributed by atoms with van der Waals surface area (Å²) in [7, 11) is -2.16. The molecule has 2 amide bonds. The number of carbonyl (C=O) groups is 2. The number of hydrogen-bond acceptors (Lipinski definition) is 4. The van der Waals surface area contributed by atoms with Crippen LogP contribution in [-0.2, 0) is 26.2 Å². The van der Waals surface area contributed by atoms with Gasteiger partial charge in [-0.15, -0.1) is 0 Å². The Morgan fingerprint density at radius 3 is 2.24 bits per heavy atom. The van der Waals surface area contributed by atoms with Gasteiger partial charge in [0.1, 0.15) is 11.9 Å². The van der Waals surface area contributed by atoms with Gasteiger partial charge in [0.05, 0.1) is 4.90 Å². The van der Waals surface area contributed by atoms with Crippen molar-refractivity contribution in [3.8, 4) is 0 Å². The van der Waals surface area contributed by atoms with Crippen LogP contribution in [0.25, 0.3) is 0 Å². The molecule has 1 atom stereocenters. The van der Waals surface area contributed by atoms with Gasteiger partial charge >= 0.3 is 0 Å². The van der Waals surface area contributed by atoms with Crippen LogP contribution in [0.15, 0.2) is 59.5 Å². The van der Waals surface area contributed by atoms with Crippen LogP contribution in [0.5, 0.6) is 0 Å². The van der Waals surface area contributed by atoms with E-state index in [1.165, 1.54) is 40.5 Å². The van der Waals surface area contributed by atoms with Crippen LogP contribution in [-0.4, -0.2) is 55.6 Å². The molecule has 0 aliphatic carbocycles. The van der Waals surface area contributed by atoms with E-state index in [-0.39, 0.29) is 42.0 Å². The van der Waals surface area contributed by atoms with E-state index >= 15 is 0 Å². The maximum Gasteiger partial charge on any atom is 0.242 e. The van der Waals surface area contributed by atoms with E-state index in [9.17, 15) is 22.4 Å². The van der Waals surface area contributed by atoms with E-state index in [0.29, 0.717) is 24.9 Å². The zero-order valence-electron chi connectivity index (χ0n) is 19.3. The summed E-state index contributed by atoms with van der Waals surface area (Å²) in [4.78, 5) is 27.4. The van der Waals surface area contributed by atoms with E-state index < -0.39 is 16.1 Å². The fraction of sp³-hybridized carbons (Fsp3) is 0.417. The third kappa shape index (κ3) is 7.36. The van der Waals surface area contributed by atoms with Crippen molar-refractivity contribution in [2.24, 2.45) is 0 Å². The molecule has 0 saturated carbocycles. The van der Waals surface area contributed by atoms with Crippen LogP contribution >= 0.6 is 0 Å². The molecule has 0 aliphatic heterocycles. The highest BCUT2D eigenvalue weighted by atomic mass is 32.2. The largest absolute Gasteiger partial charge is 0.355 e. The molecule has 0 saturated heterocycles. The maximum absolute atomic E-state index is 13.3. The first-order valence-electron chi connectivity index (χ1n) is 11.0. The number of benzene rings is 2. The van der Waals surface area contributed by atoms with Crippen molar-refractivity contribution in [3.63, 3.8) is 0 Å². The lowest BCUT2D eigenvalue weighted by atomic mass is 10.1. The summed E-state index contributed by atoms with van der Waals surface area (Å²) in [5.41, 5.74) is 0.705. The highest BCUT2D eigenvalue weighted by Gasteiger charge is 2.28. The van der Waals surface area contributed by atoms with E-state index in [0.717, 1.165) is 0 Å². The van der Waals surface area contributed by atoms with Crippen LogP contribution in [0.4, 0.5) is 4.39 Å². The molecule has 33 heavy (non-hydrogen) atoms. The van der Waals surface area contributed by atoms with Gasteiger partial charge in [0.2, 0.25) is 21.8 Å². The minimum Gasteiger partial charge on any atom is -0.355 e. The molecule has 2 aromatic rings. The summed E-state index contributed by atoms with van der Waals surface area (Å²) in [6, 6.07) is 13.2. The highest BCUT2D eigenvalue weighted by Crippen LogP contribution is 2.17. The normalized spacial score (nSPS) is 12.4. The Morgan fingerprint density at radius 1 is 1.03 bits per heavy atom. The molecule has 7 nitrogen and oxygen atoms in total. The van der Waals surface area contributed by atoms with E-state index in [1.807, 2.05) is 6.92 Å². The summed E-state index contributed by atoms with van der Waals surface area (Å²) in [5, 5.41) is 2.76. The number of nitrogens with one attached hydrogen (secondary N) is 1. The first-order chi connectivity index (χ1) is 15.7. The third-order valence-electron chi connectivity index (χ3n) is 5.32.